The highest BCUT2D eigenvalue weighted by Gasteiger charge is 2.33. The monoisotopic (exact) mass is 333 g/mol. The molecule has 2 aliphatic rings. The van der Waals surface area contributed by atoms with Crippen LogP contribution in [0.3, 0.4) is 0 Å². The molecule has 24 heavy (non-hydrogen) atoms. The van der Waals surface area contributed by atoms with Crippen molar-refractivity contribution in [2.24, 2.45) is 0 Å². The Kier molecular flexibility index (Phi) is 4.54. The summed E-state index contributed by atoms with van der Waals surface area (Å²) in [5.74, 6) is 0.233. The van der Waals surface area contributed by atoms with Gasteiger partial charge >= 0.3 is 6.09 Å². The summed E-state index contributed by atoms with van der Waals surface area (Å²) in [6, 6.07) is 6.95. The second-order valence-corrected chi connectivity index (χ2v) is 5.68. The van der Waals surface area contributed by atoms with Gasteiger partial charge in [-0.1, -0.05) is 12.1 Å². The highest BCUT2D eigenvalue weighted by atomic mass is 16.6. The van der Waals surface area contributed by atoms with Gasteiger partial charge in [-0.05, 0) is 12.1 Å². The lowest BCUT2D eigenvalue weighted by molar-refractivity contribution is -0.122. The number of para-hydroxylation sites is 2. The SMILES string of the molecule is COc1ccccc1N1CC(NC(=O)CN2CCOC2=O)CC1=O. The number of rotatable bonds is 5. The fourth-order valence-electron chi connectivity index (χ4n) is 2.91. The number of carbonyl (C=O) groups excluding carboxylic acids is 3. The van der Waals surface area contributed by atoms with Crippen LogP contribution in [0.5, 0.6) is 5.75 Å². The lowest BCUT2D eigenvalue weighted by Crippen LogP contribution is -2.43. The Hall–Kier alpha value is -2.77. The van der Waals surface area contributed by atoms with E-state index in [1.807, 2.05) is 12.1 Å². The first kappa shape index (κ1) is 16.1. The van der Waals surface area contributed by atoms with Crippen molar-refractivity contribution in [1.29, 1.82) is 0 Å². The molecule has 1 aromatic carbocycles. The zero-order valence-corrected chi connectivity index (χ0v) is 13.4. The minimum atomic E-state index is -0.483. The zero-order chi connectivity index (χ0) is 17.1. The topological polar surface area (TPSA) is 88.2 Å². The van der Waals surface area contributed by atoms with Crippen LogP contribution in [-0.4, -0.2) is 62.2 Å². The largest absolute Gasteiger partial charge is 0.495 e. The number of cyclic esters (lactones) is 1. The fraction of sp³-hybridized carbons (Fsp3) is 0.438. The van der Waals surface area contributed by atoms with Crippen molar-refractivity contribution in [2.45, 2.75) is 12.5 Å². The summed E-state index contributed by atoms with van der Waals surface area (Å²) in [6.07, 6.45) is -0.267. The highest BCUT2D eigenvalue weighted by molar-refractivity contribution is 5.98. The number of nitrogens with zero attached hydrogens (tertiary/aromatic N) is 2. The quantitative estimate of drug-likeness (QED) is 0.841. The molecule has 2 fully saturated rings. The van der Waals surface area contributed by atoms with E-state index < -0.39 is 6.09 Å². The van der Waals surface area contributed by atoms with Crippen LogP contribution in [0.2, 0.25) is 0 Å². The van der Waals surface area contributed by atoms with E-state index in [0.717, 1.165) is 0 Å². The minimum Gasteiger partial charge on any atom is -0.495 e. The van der Waals surface area contributed by atoms with Crippen LogP contribution in [-0.2, 0) is 14.3 Å². The molecule has 0 aliphatic carbocycles. The van der Waals surface area contributed by atoms with Crippen LogP contribution in [0.4, 0.5) is 10.5 Å². The molecule has 0 spiro atoms. The van der Waals surface area contributed by atoms with Gasteiger partial charge < -0.3 is 19.7 Å². The highest BCUT2D eigenvalue weighted by Crippen LogP contribution is 2.30. The maximum Gasteiger partial charge on any atom is 0.410 e. The summed E-state index contributed by atoms with van der Waals surface area (Å²) in [6.45, 7) is 1.02. The molecule has 8 nitrogen and oxygen atoms in total. The number of carbonyl (C=O) groups is 3. The average molecular weight is 333 g/mol. The molecule has 1 aromatic rings. The third kappa shape index (κ3) is 3.27. The van der Waals surface area contributed by atoms with Gasteiger partial charge in [-0.2, -0.15) is 0 Å². The van der Waals surface area contributed by atoms with Gasteiger partial charge in [-0.15, -0.1) is 0 Å². The van der Waals surface area contributed by atoms with Crippen LogP contribution >= 0.6 is 0 Å². The Bertz CT molecular complexity index is 663. The Labute approximate surface area is 139 Å². The Morgan fingerprint density at radius 2 is 2.17 bits per heavy atom. The Balaban J connectivity index is 1.60. The smallest absolute Gasteiger partial charge is 0.410 e. The Morgan fingerprint density at radius 1 is 1.38 bits per heavy atom. The molecule has 0 saturated carbocycles. The number of benzene rings is 1. The van der Waals surface area contributed by atoms with E-state index in [1.54, 1.807) is 24.1 Å². The van der Waals surface area contributed by atoms with Crippen molar-refractivity contribution in [1.82, 2.24) is 10.2 Å². The van der Waals surface area contributed by atoms with Crippen molar-refractivity contribution in [2.75, 3.05) is 38.3 Å². The maximum atomic E-state index is 12.3. The standard InChI is InChI=1S/C16H19N3O5/c1-23-13-5-3-2-4-12(13)19-9-11(8-15(19)21)17-14(20)10-18-6-7-24-16(18)22/h2-5,11H,6-10H2,1H3,(H,17,20). The molecule has 1 atom stereocenters. The fourth-order valence-corrected chi connectivity index (χ4v) is 2.91. The number of amides is 3. The van der Waals surface area contributed by atoms with Gasteiger partial charge in [0.2, 0.25) is 11.8 Å². The summed E-state index contributed by atoms with van der Waals surface area (Å²) >= 11 is 0. The number of ether oxygens (including phenoxy) is 2. The molecule has 1 unspecified atom stereocenters. The van der Waals surface area contributed by atoms with E-state index >= 15 is 0 Å². The molecule has 0 aromatic heterocycles. The molecule has 128 valence electrons. The average Bonchev–Trinajstić information content (AvgIpc) is 3.13. The van der Waals surface area contributed by atoms with E-state index in [9.17, 15) is 14.4 Å². The first-order valence-corrected chi connectivity index (χ1v) is 7.73. The van der Waals surface area contributed by atoms with Gasteiger partial charge in [0.25, 0.3) is 0 Å². The third-order valence-electron chi connectivity index (χ3n) is 4.05. The molecule has 0 radical (unpaired) electrons. The summed E-state index contributed by atoms with van der Waals surface area (Å²) in [5, 5.41) is 2.80. The number of methoxy groups -OCH3 is 1. The number of hydrogen-bond acceptors (Lipinski definition) is 5. The predicted molar refractivity (Wildman–Crippen MR) is 84.8 cm³/mol. The van der Waals surface area contributed by atoms with Crippen LogP contribution < -0.4 is 15.0 Å². The molecule has 2 saturated heterocycles. The molecule has 2 aliphatic heterocycles. The van der Waals surface area contributed by atoms with Crippen LogP contribution in [0.1, 0.15) is 6.42 Å². The van der Waals surface area contributed by atoms with Gasteiger partial charge in [-0.25, -0.2) is 4.79 Å². The summed E-state index contributed by atoms with van der Waals surface area (Å²) in [7, 11) is 1.55. The molecule has 2 heterocycles. The molecule has 8 heteroatoms. The molecule has 0 bridgehead atoms. The van der Waals surface area contributed by atoms with Crippen molar-refractivity contribution in [3.63, 3.8) is 0 Å². The number of nitrogens with one attached hydrogen (secondary N) is 1. The van der Waals surface area contributed by atoms with Gasteiger partial charge in [0.1, 0.15) is 18.9 Å². The molecule has 3 amide bonds. The summed E-state index contributed by atoms with van der Waals surface area (Å²) in [4.78, 5) is 38.6. The van der Waals surface area contributed by atoms with E-state index in [1.165, 1.54) is 4.90 Å². The lowest BCUT2D eigenvalue weighted by Gasteiger charge is -2.20. The van der Waals surface area contributed by atoms with Crippen LogP contribution in [0.15, 0.2) is 24.3 Å². The van der Waals surface area contributed by atoms with Gasteiger partial charge in [0.05, 0.1) is 25.4 Å². The number of anilines is 1. The van der Waals surface area contributed by atoms with Crippen LogP contribution in [0, 0.1) is 0 Å². The molecular formula is C16H19N3O5. The minimum absolute atomic E-state index is 0.0574. The van der Waals surface area contributed by atoms with Crippen LogP contribution in [0.25, 0.3) is 0 Å². The lowest BCUT2D eigenvalue weighted by atomic mass is 10.2. The second-order valence-electron chi connectivity index (χ2n) is 5.68. The van der Waals surface area contributed by atoms with E-state index in [2.05, 4.69) is 5.32 Å². The zero-order valence-electron chi connectivity index (χ0n) is 13.4. The third-order valence-corrected chi connectivity index (χ3v) is 4.05. The van der Waals surface area contributed by atoms with Gasteiger partial charge in [0, 0.05) is 13.0 Å². The molecule has 1 N–H and O–H groups in total. The number of hydrogen-bond donors (Lipinski definition) is 1. The van der Waals surface area contributed by atoms with E-state index in [-0.39, 0.29) is 30.8 Å². The second kappa shape index (κ2) is 6.77. The Morgan fingerprint density at radius 3 is 2.88 bits per heavy atom. The maximum absolute atomic E-state index is 12.3. The molecular weight excluding hydrogens is 314 g/mol. The first-order valence-electron chi connectivity index (χ1n) is 7.73. The summed E-state index contributed by atoms with van der Waals surface area (Å²) < 4.78 is 10.1. The van der Waals surface area contributed by atoms with Crippen molar-refractivity contribution < 1.29 is 23.9 Å². The normalized spacial score (nSPS) is 20.3. The van der Waals surface area contributed by atoms with Gasteiger partial charge in [0.15, 0.2) is 0 Å². The van der Waals surface area contributed by atoms with Crippen molar-refractivity contribution in [3.05, 3.63) is 24.3 Å². The van der Waals surface area contributed by atoms with E-state index in [0.29, 0.717) is 31.1 Å². The molecule has 3 rings (SSSR count). The van der Waals surface area contributed by atoms with Gasteiger partial charge in [-0.3, -0.25) is 14.5 Å². The van der Waals surface area contributed by atoms with Crippen molar-refractivity contribution >= 4 is 23.6 Å². The predicted octanol–water partition coefficient (Wildman–Crippen LogP) is 0.369. The first-order chi connectivity index (χ1) is 11.6. The summed E-state index contributed by atoms with van der Waals surface area (Å²) in [5.41, 5.74) is 0.685. The van der Waals surface area contributed by atoms with Crippen molar-refractivity contribution in [3.8, 4) is 5.75 Å². The van der Waals surface area contributed by atoms with E-state index in [4.69, 9.17) is 9.47 Å².